The Morgan fingerprint density at radius 1 is 1.33 bits per heavy atom. The van der Waals surface area contributed by atoms with E-state index in [-0.39, 0.29) is 6.04 Å². The number of pyridine rings is 1. The molecule has 0 amide bonds. The fourth-order valence-corrected chi connectivity index (χ4v) is 2.25. The molecule has 2 aromatic rings. The van der Waals surface area contributed by atoms with Gasteiger partial charge in [0.25, 0.3) is 0 Å². The van der Waals surface area contributed by atoms with Crippen molar-refractivity contribution in [3.63, 3.8) is 0 Å². The van der Waals surface area contributed by atoms with Gasteiger partial charge in [0.2, 0.25) is 0 Å². The molecular weight excluding hydrogens is 292 g/mol. The normalized spacial score (nSPS) is 12.2. The number of ether oxygens (including phenoxy) is 1. The molecule has 2 rings (SSSR count). The van der Waals surface area contributed by atoms with Crippen LogP contribution in [0, 0.1) is 0 Å². The second-order valence-corrected chi connectivity index (χ2v) is 4.94. The Labute approximate surface area is 115 Å². The van der Waals surface area contributed by atoms with Gasteiger partial charge >= 0.3 is 0 Å². The van der Waals surface area contributed by atoms with E-state index >= 15 is 0 Å². The lowest BCUT2D eigenvalue weighted by Gasteiger charge is -2.14. The molecule has 3 nitrogen and oxygen atoms in total. The van der Waals surface area contributed by atoms with Crippen molar-refractivity contribution in [3.8, 4) is 5.75 Å². The highest BCUT2D eigenvalue weighted by Gasteiger charge is 2.11. The van der Waals surface area contributed by atoms with Crippen LogP contribution in [-0.2, 0) is 6.42 Å². The Bertz CT molecular complexity index is 516. The zero-order valence-electron chi connectivity index (χ0n) is 10.1. The van der Waals surface area contributed by atoms with Gasteiger partial charge in [-0.2, -0.15) is 0 Å². The number of aromatic nitrogens is 1. The van der Waals surface area contributed by atoms with Crippen molar-refractivity contribution in [3.05, 3.63) is 58.3 Å². The summed E-state index contributed by atoms with van der Waals surface area (Å²) < 4.78 is 6.36. The number of nitrogens with zero attached hydrogens (tertiary/aromatic N) is 1. The summed E-state index contributed by atoms with van der Waals surface area (Å²) in [5, 5.41) is 0. The zero-order valence-corrected chi connectivity index (χ0v) is 11.7. The van der Waals surface area contributed by atoms with Gasteiger partial charge in [0.05, 0.1) is 18.8 Å². The van der Waals surface area contributed by atoms with Crippen LogP contribution in [0.2, 0.25) is 0 Å². The van der Waals surface area contributed by atoms with E-state index in [0.717, 1.165) is 21.5 Å². The van der Waals surface area contributed by atoms with E-state index in [1.807, 2.05) is 36.4 Å². The van der Waals surface area contributed by atoms with Crippen LogP contribution in [-0.4, -0.2) is 12.1 Å². The van der Waals surface area contributed by atoms with Gasteiger partial charge in [0.15, 0.2) is 0 Å². The molecule has 4 heteroatoms. The summed E-state index contributed by atoms with van der Waals surface area (Å²) in [5.41, 5.74) is 8.13. The number of benzene rings is 1. The first-order chi connectivity index (χ1) is 8.70. The third kappa shape index (κ3) is 3.09. The molecule has 1 aromatic heterocycles. The summed E-state index contributed by atoms with van der Waals surface area (Å²) in [4.78, 5) is 4.28. The summed E-state index contributed by atoms with van der Waals surface area (Å²) in [6.45, 7) is 0. The predicted molar refractivity (Wildman–Crippen MR) is 75.6 cm³/mol. The highest BCUT2D eigenvalue weighted by molar-refractivity contribution is 9.10. The lowest BCUT2D eigenvalue weighted by atomic mass is 10.0. The molecule has 0 aliphatic carbocycles. The number of methoxy groups -OCH3 is 1. The highest BCUT2D eigenvalue weighted by atomic mass is 79.9. The van der Waals surface area contributed by atoms with Crippen LogP contribution in [0.15, 0.2) is 47.1 Å². The van der Waals surface area contributed by atoms with Crippen LogP contribution in [0.1, 0.15) is 17.3 Å². The van der Waals surface area contributed by atoms with Crippen LogP contribution < -0.4 is 10.5 Å². The van der Waals surface area contributed by atoms with Gasteiger partial charge in [-0.15, -0.1) is 0 Å². The van der Waals surface area contributed by atoms with Crippen molar-refractivity contribution in [2.45, 2.75) is 12.5 Å². The van der Waals surface area contributed by atoms with Gasteiger partial charge in [0, 0.05) is 10.7 Å². The molecule has 0 aliphatic rings. The van der Waals surface area contributed by atoms with E-state index < -0.39 is 0 Å². The highest BCUT2D eigenvalue weighted by Crippen LogP contribution is 2.26. The van der Waals surface area contributed by atoms with Crippen molar-refractivity contribution in [2.24, 2.45) is 5.73 Å². The average Bonchev–Trinajstić information content (AvgIpc) is 2.40. The third-order valence-corrected chi connectivity index (χ3v) is 3.24. The van der Waals surface area contributed by atoms with E-state index in [0.29, 0.717) is 6.42 Å². The topological polar surface area (TPSA) is 48.1 Å². The average molecular weight is 307 g/mol. The van der Waals surface area contributed by atoms with Crippen molar-refractivity contribution in [1.82, 2.24) is 4.98 Å². The van der Waals surface area contributed by atoms with Gasteiger partial charge in [-0.3, -0.25) is 4.98 Å². The first-order valence-electron chi connectivity index (χ1n) is 5.69. The summed E-state index contributed by atoms with van der Waals surface area (Å²) in [6, 6.07) is 11.6. The monoisotopic (exact) mass is 306 g/mol. The largest absolute Gasteiger partial charge is 0.496 e. The number of hydrogen-bond acceptors (Lipinski definition) is 3. The molecular formula is C14H15BrN2O. The second-order valence-electron chi connectivity index (χ2n) is 4.02. The fourth-order valence-electron chi connectivity index (χ4n) is 1.84. The van der Waals surface area contributed by atoms with E-state index in [1.165, 1.54) is 0 Å². The summed E-state index contributed by atoms with van der Waals surface area (Å²) in [6.07, 6.45) is 2.45. The van der Waals surface area contributed by atoms with Crippen LogP contribution in [0.5, 0.6) is 5.75 Å². The zero-order chi connectivity index (χ0) is 13.0. The van der Waals surface area contributed by atoms with E-state index in [9.17, 15) is 0 Å². The molecule has 1 atom stereocenters. The van der Waals surface area contributed by atoms with E-state index in [4.69, 9.17) is 10.5 Å². The van der Waals surface area contributed by atoms with Gasteiger partial charge in [-0.25, -0.2) is 0 Å². The van der Waals surface area contributed by atoms with Crippen molar-refractivity contribution in [1.29, 1.82) is 0 Å². The molecule has 0 spiro atoms. The SMILES string of the molecule is COc1ccc(Br)cc1CC(N)c1ccccn1. The smallest absolute Gasteiger partial charge is 0.122 e. The molecule has 0 fully saturated rings. The minimum absolute atomic E-state index is 0.130. The molecule has 0 saturated carbocycles. The van der Waals surface area contributed by atoms with Gasteiger partial charge in [-0.05, 0) is 42.3 Å². The molecule has 0 aliphatic heterocycles. The van der Waals surface area contributed by atoms with E-state index in [1.54, 1.807) is 13.3 Å². The molecule has 0 bridgehead atoms. The number of rotatable bonds is 4. The maximum Gasteiger partial charge on any atom is 0.122 e. The first kappa shape index (κ1) is 13.1. The molecule has 18 heavy (non-hydrogen) atoms. The standard InChI is InChI=1S/C14H15BrN2O/c1-18-14-6-5-11(15)8-10(14)9-12(16)13-4-2-3-7-17-13/h2-8,12H,9,16H2,1H3. The van der Waals surface area contributed by atoms with Crippen molar-refractivity contribution in [2.75, 3.05) is 7.11 Å². The maximum atomic E-state index is 6.17. The Morgan fingerprint density at radius 2 is 2.17 bits per heavy atom. The lowest BCUT2D eigenvalue weighted by molar-refractivity contribution is 0.408. The molecule has 1 unspecified atom stereocenters. The van der Waals surface area contributed by atoms with Gasteiger partial charge in [-0.1, -0.05) is 22.0 Å². The second kappa shape index (κ2) is 5.98. The summed E-state index contributed by atoms with van der Waals surface area (Å²) in [7, 11) is 1.67. The van der Waals surface area contributed by atoms with Crippen LogP contribution in [0.4, 0.5) is 0 Å². The van der Waals surface area contributed by atoms with Crippen LogP contribution in [0.25, 0.3) is 0 Å². The Hall–Kier alpha value is -1.39. The minimum Gasteiger partial charge on any atom is -0.496 e. The molecule has 0 radical (unpaired) electrons. The third-order valence-electron chi connectivity index (χ3n) is 2.75. The molecule has 0 saturated heterocycles. The van der Waals surface area contributed by atoms with Crippen molar-refractivity contribution < 1.29 is 4.74 Å². The maximum absolute atomic E-state index is 6.17. The molecule has 1 heterocycles. The van der Waals surface area contributed by atoms with Crippen LogP contribution >= 0.6 is 15.9 Å². The quantitative estimate of drug-likeness (QED) is 0.944. The number of nitrogens with two attached hydrogens (primary N) is 1. The Balaban J connectivity index is 2.21. The number of halogens is 1. The molecule has 2 N–H and O–H groups in total. The van der Waals surface area contributed by atoms with E-state index in [2.05, 4.69) is 20.9 Å². The summed E-state index contributed by atoms with van der Waals surface area (Å²) in [5.74, 6) is 0.851. The Morgan fingerprint density at radius 3 is 2.83 bits per heavy atom. The van der Waals surface area contributed by atoms with Gasteiger partial charge in [0.1, 0.15) is 5.75 Å². The van der Waals surface area contributed by atoms with Crippen LogP contribution in [0.3, 0.4) is 0 Å². The Kier molecular flexibility index (Phi) is 4.33. The fraction of sp³-hybridized carbons (Fsp3) is 0.214. The van der Waals surface area contributed by atoms with Gasteiger partial charge < -0.3 is 10.5 Å². The molecule has 94 valence electrons. The summed E-state index contributed by atoms with van der Waals surface area (Å²) >= 11 is 3.46. The van der Waals surface area contributed by atoms with Crippen molar-refractivity contribution >= 4 is 15.9 Å². The predicted octanol–water partition coefficient (Wildman–Crippen LogP) is 3.10. The molecule has 1 aromatic carbocycles. The minimum atomic E-state index is -0.130. The lowest BCUT2D eigenvalue weighted by Crippen LogP contribution is -2.15. The first-order valence-corrected chi connectivity index (χ1v) is 6.49. The number of hydrogen-bond donors (Lipinski definition) is 1.